The van der Waals surface area contributed by atoms with Gasteiger partial charge in [-0.1, -0.05) is 12.2 Å². The maximum absolute atomic E-state index is 13.2. The van der Waals surface area contributed by atoms with Crippen LogP contribution in [0.2, 0.25) is 0 Å². The minimum Gasteiger partial charge on any atom is -0.397 e. The van der Waals surface area contributed by atoms with Gasteiger partial charge in [-0.25, -0.2) is 19.3 Å². The topological polar surface area (TPSA) is 215 Å². The summed E-state index contributed by atoms with van der Waals surface area (Å²) >= 11 is 4.04. The number of nitrogens with zero attached hydrogens (tertiary/aromatic N) is 4. The number of nitrogens with two attached hydrogens (primary N) is 1. The fraction of sp³-hybridized carbons (Fsp3) is 0.524. The van der Waals surface area contributed by atoms with Crippen LogP contribution in [-0.2, 0) is 27.8 Å². The number of methoxy groups -OCH3 is 1. The van der Waals surface area contributed by atoms with Crippen LogP contribution in [0.3, 0.4) is 0 Å². The molecule has 0 aliphatic carbocycles. The van der Waals surface area contributed by atoms with Gasteiger partial charge in [0.1, 0.15) is 36.2 Å². The summed E-state index contributed by atoms with van der Waals surface area (Å²) in [4.78, 5) is 34.3. The average Bonchev–Trinajstić information content (AvgIpc) is 3.58. The van der Waals surface area contributed by atoms with E-state index in [9.17, 15) is 24.4 Å². The second-order valence-corrected chi connectivity index (χ2v) is 11.8. The Balaban J connectivity index is 1.26. The highest BCUT2D eigenvalue weighted by atomic mass is 32.7. The SMILES string of the molecule is CO[C@H]1C(OP(=O)(S)OC[C@H]2O[C@@H](n3cnc4c(N)ccnc43)CC2O)[C@@H](CO)O[C@H]1n1ccc(=O)[nH]c1=O. The maximum Gasteiger partial charge on any atom is 0.386 e. The first kappa shape index (κ1) is 27.9. The second-order valence-electron chi connectivity index (χ2n) is 8.96. The predicted octanol–water partition coefficient (Wildman–Crippen LogP) is -0.443. The Morgan fingerprint density at radius 3 is 2.74 bits per heavy atom. The van der Waals surface area contributed by atoms with Gasteiger partial charge in [0.2, 0.25) is 0 Å². The number of H-pyrrole nitrogens is 1. The van der Waals surface area contributed by atoms with Crippen molar-refractivity contribution in [2.45, 2.75) is 49.4 Å². The van der Waals surface area contributed by atoms with Crippen LogP contribution in [0.4, 0.5) is 5.69 Å². The van der Waals surface area contributed by atoms with Crippen molar-refractivity contribution < 1.29 is 38.0 Å². The van der Waals surface area contributed by atoms with Gasteiger partial charge in [0.05, 0.1) is 31.3 Å². The molecule has 2 aliphatic heterocycles. The van der Waals surface area contributed by atoms with Crippen molar-refractivity contribution in [1.29, 1.82) is 0 Å². The molecule has 5 heterocycles. The number of aliphatic hydroxyl groups is 2. The Morgan fingerprint density at radius 1 is 1.23 bits per heavy atom. The van der Waals surface area contributed by atoms with Crippen molar-refractivity contribution in [3.8, 4) is 0 Å². The molecular formula is C21H27N6O10PS. The summed E-state index contributed by atoms with van der Waals surface area (Å²) < 4.78 is 44.0. The highest BCUT2D eigenvalue weighted by molar-refractivity contribution is 8.44. The highest BCUT2D eigenvalue weighted by Gasteiger charge is 2.50. The van der Waals surface area contributed by atoms with Crippen molar-refractivity contribution in [1.82, 2.24) is 24.1 Å². The molecule has 0 amide bonds. The molecule has 39 heavy (non-hydrogen) atoms. The van der Waals surface area contributed by atoms with E-state index in [1.54, 1.807) is 10.6 Å². The van der Waals surface area contributed by atoms with E-state index in [0.717, 1.165) is 10.6 Å². The summed E-state index contributed by atoms with van der Waals surface area (Å²) in [6.45, 7) is -5.07. The molecule has 8 atom stereocenters. The third-order valence-electron chi connectivity index (χ3n) is 6.53. The number of nitrogen functional groups attached to an aromatic ring is 1. The number of thiol groups is 1. The number of aliphatic hydroxyl groups excluding tert-OH is 2. The first-order valence-electron chi connectivity index (χ1n) is 11.8. The van der Waals surface area contributed by atoms with Crippen LogP contribution >= 0.6 is 19.0 Å². The summed E-state index contributed by atoms with van der Waals surface area (Å²) in [5.74, 6) is 0. The van der Waals surface area contributed by atoms with Crippen molar-refractivity contribution >= 4 is 35.9 Å². The second kappa shape index (κ2) is 11.1. The lowest BCUT2D eigenvalue weighted by molar-refractivity contribution is -0.0625. The molecule has 2 saturated heterocycles. The van der Waals surface area contributed by atoms with Gasteiger partial charge in [-0.15, -0.1) is 0 Å². The van der Waals surface area contributed by atoms with Crippen LogP contribution in [0.1, 0.15) is 18.9 Å². The summed E-state index contributed by atoms with van der Waals surface area (Å²) in [6, 6.07) is 2.74. The Morgan fingerprint density at radius 2 is 2.03 bits per heavy atom. The normalized spacial score (nSPS) is 30.6. The summed E-state index contributed by atoms with van der Waals surface area (Å²) in [6.07, 6.45) is -2.50. The van der Waals surface area contributed by atoms with Crippen LogP contribution in [0.25, 0.3) is 11.2 Å². The first-order valence-corrected chi connectivity index (χ1v) is 14.5. The molecule has 3 aromatic rings. The van der Waals surface area contributed by atoms with Crippen LogP contribution in [-0.4, -0.2) is 85.1 Å². The van der Waals surface area contributed by atoms with Gasteiger partial charge in [-0.3, -0.25) is 28.0 Å². The molecule has 2 aliphatic rings. The summed E-state index contributed by atoms with van der Waals surface area (Å²) in [7, 11) is 1.31. The lowest BCUT2D eigenvalue weighted by Crippen LogP contribution is -2.39. The van der Waals surface area contributed by atoms with Gasteiger partial charge < -0.3 is 30.2 Å². The summed E-state index contributed by atoms with van der Waals surface area (Å²) in [5.41, 5.74) is 5.98. The van der Waals surface area contributed by atoms with Crippen LogP contribution < -0.4 is 17.0 Å². The molecule has 18 heteroatoms. The number of pyridine rings is 1. The molecule has 0 aromatic carbocycles. The zero-order valence-corrected chi connectivity index (χ0v) is 22.3. The number of fused-ring (bicyclic) bond motifs is 1. The molecule has 3 unspecified atom stereocenters. The third-order valence-corrected chi connectivity index (χ3v) is 8.14. The minimum atomic E-state index is -4.15. The van der Waals surface area contributed by atoms with E-state index < -0.39 is 67.6 Å². The Bertz CT molecular complexity index is 1500. The fourth-order valence-corrected chi connectivity index (χ4v) is 6.12. The van der Waals surface area contributed by atoms with Gasteiger partial charge in [0.15, 0.2) is 11.9 Å². The molecule has 5 rings (SSSR count). The number of hydrogen-bond acceptors (Lipinski definition) is 13. The van der Waals surface area contributed by atoms with E-state index in [1.807, 2.05) is 0 Å². The van der Waals surface area contributed by atoms with Crippen LogP contribution in [0, 0.1) is 0 Å². The quantitative estimate of drug-likeness (QED) is 0.159. The lowest BCUT2D eigenvalue weighted by atomic mass is 10.1. The summed E-state index contributed by atoms with van der Waals surface area (Å²) in [5, 5.41) is 20.4. The van der Waals surface area contributed by atoms with Crippen molar-refractivity contribution in [2.75, 3.05) is 26.1 Å². The van der Waals surface area contributed by atoms with Crippen LogP contribution in [0.5, 0.6) is 0 Å². The van der Waals surface area contributed by atoms with E-state index in [1.165, 1.54) is 25.8 Å². The number of aromatic nitrogens is 5. The van der Waals surface area contributed by atoms with E-state index in [0.29, 0.717) is 16.9 Å². The van der Waals surface area contributed by atoms with Gasteiger partial charge in [-0.2, -0.15) is 0 Å². The molecule has 3 aromatic heterocycles. The average molecular weight is 587 g/mol. The molecule has 212 valence electrons. The number of hydrogen-bond donors (Lipinski definition) is 5. The molecule has 0 spiro atoms. The zero-order chi connectivity index (χ0) is 27.9. The number of rotatable bonds is 9. The maximum atomic E-state index is 13.2. The monoisotopic (exact) mass is 586 g/mol. The third kappa shape index (κ3) is 5.54. The lowest BCUT2D eigenvalue weighted by Gasteiger charge is -2.26. The Hall–Kier alpha value is -2.60. The van der Waals surface area contributed by atoms with Gasteiger partial charge >= 0.3 is 12.5 Å². The van der Waals surface area contributed by atoms with Crippen LogP contribution in [0.15, 0.2) is 40.4 Å². The van der Waals surface area contributed by atoms with Crippen molar-refractivity contribution in [3.63, 3.8) is 0 Å². The molecule has 0 saturated carbocycles. The molecule has 2 fully saturated rings. The minimum absolute atomic E-state index is 0.179. The molecule has 16 nitrogen and oxygen atoms in total. The molecular weight excluding hydrogens is 559 g/mol. The van der Waals surface area contributed by atoms with E-state index in [2.05, 4.69) is 27.2 Å². The highest BCUT2D eigenvalue weighted by Crippen LogP contribution is 2.56. The number of nitrogens with one attached hydrogen (secondary N) is 1. The van der Waals surface area contributed by atoms with Crippen molar-refractivity contribution in [3.05, 3.63) is 51.7 Å². The van der Waals surface area contributed by atoms with E-state index in [4.69, 9.17) is 29.0 Å². The first-order chi connectivity index (χ1) is 18.6. The van der Waals surface area contributed by atoms with Gasteiger partial charge in [-0.05, 0) is 6.07 Å². The smallest absolute Gasteiger partial charge is 0.386 e. The number of aromatic amines is 1. The Kier molecular flexibility index (Phi) is 7.96. The number of anilines is 1. The fourth-order valence-electron chi connectivity index (χ4n) is 4.64. The van der Waals surface area contributed by atoms with E-state index in [-0.39, 0.29) is 13.0 Å². The Labute approximate surface area is 225 Å². The number of imidazole rings is 1. The van der Waals surface area contributed by atoms with E-state index >= 15 is 0 Å². The molecule has 0 bridgehead atoms. The molecule has 5 N–H and O–H groups in total. The van der Waals surface area contributed by atoms with Crippen molar-refractivity contribution in [2.24, 2.45) is 0 Å². The van der Waals surface area contributed by atoms with Gasteiger partial charge in [0, 0.05) is 32.0 Å². The predicted molar refractivity (Wildman–Crippen MR) is 137 cm³/mol. The zero-order valence-electron chi connectivity index (χ0n) is 20.5. The number of ether oxygens (including phenoxy) is 3. The largest absolute Gasteiger partial charge is 0.397 e. The molecule has 0 radical (unpaired) electrons. The standard InChI is InChI=1S/C21H27N6O10PS/c1-33-18-17(12(7-28)36-20(18)26-5-3-14(30)25-21(26)31)37-38(32,39)34-8-13-11(29)6-15(35-13)27-9-24-16-10(22)2-4-23-19(16)27/h2-5,9,11-13,15,17-18,20,28-29H,6-8H2,1H3,(H2,22,23)(H,32,39)(H,25,30,31)/t11?,12-,13-,15-,17?,18+,20-,38?/m1/s1. The van der Waals surface area contributed by atoms with Gasteiger partial charge in [0.25, 0.3) is 5.56 Å².